The predicted octanol–water partition coefficient (Wildman–Crippen LogP) is 2.01. The summed E-state index contributed by atoms with van der Waals surface area (Å²) in [7, 11) is 0. The minimum absolute atomic E-state index is 0.220. The van der Waals surface area contributed by atoms with Gasteiger partial charge in [-0.25, -0.2) is 4.39 Å². The van der Waals surface area contributed by atoms with Crippen LogP contribution >= 0.6 is 11.6 Å². The molecule has 1 aromatic carbocycles. The summed E-state index contributed by atoms with van der Waals surface area (Å²) in [5, 5.41) is 10.2. The van der Waals surface area contributed by atoms with E-state index in [1.54, 1.807) is 13.0 Å². The molecule has 0 spiro atoms. The van der Waals surface area contributed by atoms with Crippen molar-refractivity contribution in [2.24, 2.45) is 0 Å². The number of ether oxygens (including phenoxy) is 1. The summed E-state index contributed by atoms with van der Waals surface area (Å²) in [5.74, 6) is -0.359. The zero-order valence-corrected chi connectivity index (χ0v) is 8.44. The third-order valence-electron chi connectivity index (χ3n) is 2.43. The van der Waals surface area contributed by atoms with Crippen molar-refractivity contribution in [2.75, 3.05) is 13.2 Å². The summed E-state index contributed by atoms with van der Waals surface area (Å²) >= 11 is 5.84. The van der Waals surface area contributed by atoms with Crippen molar-refractivity contribution in [2.45, 2.75) is 12.5 Å². The van der Waals surface area contributed by atoms with Crippen LogP contribution in [0, 0.1) is 12.7 Å². The molecular weight excluding hydrogens is 207 g/mol. The number of hydrogen-bond donors (Lipinski definition) is 1. The Balaban J connectivity index is 2.48. The molecule has 1 aliphatic heterocycles. The molecular formula is C10H10ClFO2. The fourth-order valence-electron chi connectivity index (χ4n) is 1.46. The molecule has 0 aliphatic carbocycles. The van der Waals surface area contributed by atoms with Crippen molar-refractivity contribution in [1.29, 1.82) is 0 Å². The van der Waals surface area contributed by atoms with Crippen LogP contribution in [-0.2, 0) is 10.3 Å². The molecule has 1 heterocycles. The maximum absolute atomic E-state index is 13.1. The van der Waals surface area contributed by atoms with E-state index >= 15 is 0 Å². The number of benzene rings is 1. The lowest BCUT2D eigenvalue weighted by Gasteiger charge is -2.37. The topological polar surface area (TPSA) is 29.5 Å². The van der Waals surface area contributed by atoms with Gasteiger partial charge in [-0.2, -0.15) is 0 Å². The van der Waals surface area contributed by atoms with Crippen molar-refractivity contribution < 1.29 is 14.2 Å². The fraction of sp³-hybridized carbons (Fsp3) is 0.400. The zero-order valence-electron chi connectivity index (χ0n) is 7.68. The molecule has 2 rings (SSSR count). The van der Waals surface area contributed by atoms with Crippen LogP contribution in [0.25, 0.3) is 0 Å². The highest BCUT2D eigenvalue weighted by molar-refractivity contribution is 6.31. The summed E-state index contributed by atoms with van der Waals surface area (Å²) in [6, 6.07) is 2.79. The Bertz CT molecular complexity index is 375. The molecule has 1 saturated heterocycles. The van der Waals surface area contributed by atoms with E-state index in [4.69, 9.17) is 16.3 Å². The van der Waals surface area contributed by atoms with Crippen LogP contribution in [0.4, 0.5) is 4.39 Å². The van der Waals surface area contributed by atoms with Crippen LogP contribution in [0.5, 0.6) is 0 Å². The normalized spacial score (nSPS) is 19.1. The lowest BCUT2D eigenvalue weighted by atomic mass is 9.91. The number of rotatable bonds is 1. The van der Waals surface area contributed by atoms with Gasteiger partial charge in [-0.15, -0.1) is 0 Å². The van der Waals surface area contributed by atoms with Gasteiger partial charge < -0.3 is 9.84 Å². The molecule has 0 unspecified atom stereocenters. The first-order valence-corrected chi connectivity index (χ1v) is 4.67. The second-order valence-corrected chi connectivity index (χ2v) is 4.01. The van der Waals surface area contributed by atoms with Gasteiger partial charge >= 0.3 is 0 Å². The van der Waals surface area contributed by atoms with Crippen molar-refractivity contribution in [3.63, 3.8) is 0 Å². The molecule has 76 valence electrons. The third kappa shape index (κ3) is 1.41. The molecule has 0 bridgehead atoms. The molecule has 1 aromatic rings. The SMILES string of the molecule is Cc1cc(C2(O)COC2)c(Cl)cc1F. The van der Waals surface area contributed by atoms with E-state index in [9.17, 15) is 9.50 Å². The van der Waals surface area contributed by atoms with Crippen LogP contribution in [-0.4, -0.2) is 18.3 Å². The fourth-order valence-corrected chi connectivity index (χ4v) is 1.79. The Hall–Kier alpha value is -0.640. The van der Waals surface area contributed by atoms with Crippen molar-refractivity contribution in [3.8, 4) is 0 Å². The van der Waals surface area contributed by atoms with Gasteiger partial charge in [0.1, 0.15) is 11.4 Å². The van der Waals surface area contributed by atoms with Crippen molar-refractivity contribution >= 4 is 11.6 Å². The van der Waals surface area contributed by atoms with E-state index in [0.717, 1.165) is 0 Å². The largest absolute Gasteiger partial charge is 0.380 e. The number of halogens is 2. The van der Waals surface area contributed by atoms with Crippen molar-refractivity contribution in [3.05, 3.63) is 34.1 Å². The number of hydrogen-bond acceptors (Lipinski definition) is 2. The van der Waals surface area contributed by atoms with Gasteiger partial charge in [0.2, 0.25) is 0 Å². The average Bonchev–Trinajstić information content (AvgIpc) is 2.07. The first kappa shape index (κ1) is 9.90. The van der Waals surface area contributed by atoms with Crippen LogP contribution in [0.1, 0.15) is 11.1 Å². The molecule has 1 fully saturated rings. The van der Waals surface area contributed by atoms with Gasteiger partial charge in [-0.3, -0.25) is 0 Å². The molecule has 1 N–H and O–H groups in total. The summed E-state index contributed by atoms with van der Waals surface area (Å²) < 4.78 is 18.0. The lowest BCUT2D eigenvalue weighted by molar-refractivity contribution is -0.184. The highest BCUT2D eigenvalue weighted by Crippen LogP contribution is 2.35. The van der Waals surface area contributed by atoms with E-state index in [2.05, 4.69) is 0 Å². The summed E-state index contributed by atoms with van der Waals surface area (Å²) in [6.07, 6.45) is 0. The minimum Gasteiger partial charge on any atom is -0.380 e. The van der Waals surface area contributed by atoms with E-state index in [-0.39, 0.29) is 24.1 Å². The van der Waals surface area contributed by atoms with Crippen LogP contribution in [0.2, 0.25) is 5.02 Å². The standard InChI is InChI=1S/C10H10ClFO2/c1-6-2-7(8(11)3-9(6)12)10(13)4-14-5-10/h2-3,13H,4-5H2,1H3. The highest BCUT2D eigenvalue weighted by atomic mass is 35.5. The summed E-state index contributed by atoms with van der Waals surface area (Å²) in [5.41, 5.74) is -0.00994. The number of aliphatic hydroxyl groups is 1. The Labute approximate surface area is 86.3 Å². The first-order valence-electron chi connectivity index (χ1n) is 4.29. The smallest absolute Gasteiger partial charge is 0.137 e. The Morgan fingerprint density at radius 1 is 1.50 bits per heavy atom. The maximum Gasteiger partial charge on any atom is 0.137 e. The van der Waals surface area contributed by atoms with Gasteiger partial charge in [0, 0.05) is 10.6 Å². The molecule has 0 radical (unpaired) electrons. The summed E-state index contributed by atoms with van der Waals surface area (Å²) in [6.45, 7) is 2.08. The molecule has 2 nitrogen and oxygen atoms in total. The molecule has 0 aromatic heterocycles. The Morgan fingerprint density at radius 3 is 2.64 bits per heavy atom. The van der Waals surface area contributed by atoms with Crippen LogP contribution in [0.3, 0.4) is 0 Å². The number of aryl methyl sites for hydroxylation is 1. The van der Waals surface area contributed by atoms with Gasteiger partial charge in [0.25, 0.3) is 0 Å². The third-order valence-corrected chi connectivity index (χ3v) is 2.74. The second kappa shape index (κ2) is 3.19. The monoisotopic (exact) mass is 216 g/mol. The minimum atomic E-state index is -1.03. The van der Waals surface area contributed by atoms with E-state index < -0.39 is 5.60 Å². The van der Waals surface area contributed by atoms with Gasteiger partial charge in [0.05, 0.1) is 13.2 Å². The summed E-state index contributed by atoms with van der Waals surface area (Å²) in [4.78, 5) is 0. The Morgan fingerprint density at radius 2 is 2.14 bits per heavy atom. The highest BCUT2D eigenvalue weighted by Gasteiger charge is 2.39. The lowest BCUT2D eigenvalue weighted by Crippen LogP contribution is -2.46. The van der Waals surface area contributed by atoms with E-state index in [0.29, 0.717) is 11.1 Å². The predicted molar refractivity (Wildman–Crippen MR) is 50.9 cm³/mol. The van der Waals surface area contributed by atoms with Gasteiger partial charge in [0.15, 0.2) is 0 Å². The molecule has 4 heteroatoms. The van der Waals surface area contributed by atoms with Crippen LogP contribution < -0.4 is 0 Å². The Kier molecular flexibility index (Phi) is 2.26. The van der Waals surface area contributed by atoms with Gasteiger partial charge in [-0.1, -0.05) is 11.6 Å². The molecule has 0 saturated carbocycles. The average molecular weight is 217 g/mol. The molecule has 0 atom stereocenters. The zero-order chi connectivity index (χ0) is 10.3. The molecule has 1 aliphatic rings. The van der Waals surface area contributed by atoms with Crippen molar-refractivity contribution in [1.82, 2.24) is 0 Å². The molecule has 0 amide bonds. The second-order valence-electron chi connectivity index (χ2n) is 3.61. The quantitative estimate of drug-likeness (QED) is 0.778. The van der Waals surface area contributed by atoms with E-state index in [1.807, 2.05) is 0 Å². The maximum atomic E-state index is 13.1. The van der Waals surface area contributed by atoms with Gasteiger partial charge in [-0.05, 0) is 24.6 Å². The molecule has 14 heavy (non-hydrogen) atoms. The first-order chi connectivity index (χ1) is 6.53. The van der Waals surface area contributed by atoms with Crippen LogP contribution in [0.15, 0.2) is 12.1 Å². The van der Waals surface area contributed by atoms with E-state index in [1.165, 1.54) is 6.07 Å².